The Bertz CT molecular complexity index is 509. The van der Waals surface area contributed by atoms with E-state index in [1.54, 1.807) is 19.1 Å². The van der Waals surface area contributed by atoms with E-state index >= 15 is 0 Å². The summed E-state index contributed by atoms with van der Waals surface area (Å²) in [7, 11) is 0. The van der Waals surface area contributed by atoms with E-state index in [-0.39, 0.29) is 30.1 Å². The minimum Gasteiger partial charge on any atom is -0.487 e. The number of nitro benzene ring substituents is 1. The number of nitro groups is 1. The first-order valence-electron chi connectivity index (χ1n) is 6.47. The lowest BCUT2D eigenvalue weighted by molar-refractivity contribution is -0.385. The first kappa shape index (κ1) is 15.9. The Balaban J connectivity index is 2.62. The van der Waals surface area contributed by atoms with Crippen LogP contribution in [0.1, 0.15) is 25.8 Å². The zero-order valence-electron chi connectivity index (χ0n) is 11.9. The predicted molar refractivity (Wildman–Crippen MR) is 75.6 cm³/mol. The highest BCUT2D eigenvalue weighted by Gasteiger charge is 2.16. The molecule has 1 aromatic carbocycles. The van der Waals surface area contributed by atoms with Gasteiger partial charge in [0, 0.05) is 18.5 Å². The van der Waals surface area contributed by atoms with Crippen molar-refractivity contribution in [3.05, 3.63) is 33.9 Å². The monoisotopic (exact) mass is 277 g/mol. The fourth-order valence-electron chi connectivity index (χ4n) is 1.77. The Hall–Kier alpha value is -2.13. The number of nitrogens with zero attached hydrogens (tertiary/aromatic N) is 2. The smallest absolute Gasteiger partial charge is 0.311 e. The number of nitriles is 1. The molecule has 0 amide bonds. The van der Waals surface area contributed by atoms with Gasteiger partial charge in [0.05, 0.1) is 23.6 Å². The second-order valence-corrected chi connectivity index (χ2v) is 4.87. The molecule has 0 bridgehead atoms. The standard InChI is InChI=1S/C14H19N3O3/c1-10(2)16-12(9-15)6-7-20-14-5-4-11(3)8-13(14)17(18)19/h4-5,8,10,12,16H,6-7H2,1-3H3. The maximum absolute atomic E-state index is 10.9. The van der Waals surface area contributed by atoms with Gasteiger partial charge in [-0.1, -0.05) is 6.07 Å². The highest BCUT2D eigenvalue weighted by molar-refractivity contribution is 5.48. The van der Waals surface area contributed by atoms with Crippen LogP contribution in [0.25, 0.3) is 0 Å². The molecule has 0 aliphatic heterocycles. The van der Waals surface area contributed by atoms with Crippen LogP contribution in [-0.2, 0) is 0 Å². The SMILES string of the molecule is Cc1ccc(OCCC(C#N)NC(C)C)c([N+](=O)[O-])c1. The van der Waals surface area contributed by atoms with E-state index in [0.29, 0.717) is 6.42 Å². The Labute approximate surface area is 118 Å². The van der Waals surface area contributed by atoms with Gasteiger partial charge in [-0.25, -0.2) is 0 Å². The van der Waals surface area contributed by atoms with Crippen LogP contribution in [-0.4, -0.2) is 23.6 Å². The van der Waals surface area contributed by atoms with Crippen molar-refractivity contribution in [3.8, 4) is 11.8 Å². The predicted octanol–water partition coefficient (Wildman–Crippen LogP) is 2.56. The van der Waals surface area contributed by atoms with Crippen LogP contribution in [0.5, 0.6) is 5.75 Å². The Morgan fingerprint density at radius 3 is 2.75 bits per heavy atom. The van der Waals surface area contributed by atoms with E-state index in [2.05, 4.69) is 11.4 Å². The maximum atomic E-state index is 10.9. The molecular weight excluding hydrogens is 258 g/mol. The number of nitrogens with one attached hydrogen (secondary N) is 1. The van der Waals surface area contributed by atoms with E-state index in [4.69, 9.17) is 10.00 Å². The maximum Gasteiger partial charge on any atom is 0.311 e. The molecule has 0 heterocycles. The largest absolute Gasteiger partial charge is 0.487 e. The van der Waals surface area contributed by atoms with Crippen molar-refractivity contribution in [2.24, 2.45) is 0 Å². The number of ether oxygens (including phenoxy) is 1. The molecule has 1 atom stereocenters. The van der Waals surface area contributed by atoms with Gasteiger partial charge in [0.1, 0.15) is 0 Å². The van der Waals surface area contributed by atoms with Crippen LogP contribution in [0.4, 0.5) is 5.69 Å². The molecule has 0 aromatic heterocycles. The van der Waals surface area contributed by atoms with Gasteiger partial charge < -0.3 is 4.74 Å². The Morgan fingerprint density at radius 2 is 2.20 bits per heavy atom. The van der Waals surface area contributed by atoms with Crippen LogP contribution in [0.15, 0.2) is 18.2 Å². The normalized spacial score (nSPS) is 11.9. The summed E-state index contributed by atoms with van der Waals surface area (Å²) in [5, 5.41) is 23.0. The summed E-state index contributed by atoms with van der Waals surface area (Å²) in [6.45, 7) is 5.95. The Morgan fingerprint density at radius 1 is 1.50 bits per heavy atom. The van der Waals surface area contributed by atoms with Crippen molar-refractivity contribution in [2.45, 2.75) is 39.3 Å². The molecule has 0 radical (unpaired) electrons. The highest BCUT2D eigenvalue weighted by Crippen LogP contribution is 2.27. The molecule has 1 aromatic rings. The number of aryl methyl sites for hydroxylation is 1. The number of hydrogen-bond donors (Lipinski definition) is 1. The van der Waals surface area contributed by atoms with E-state index < -0.39 is 4.92 Å². The first-order chi connectivity index (χ1) is 9.43. The van der Waals surface area contributed by atoms with E-state index in [1.807, 2.05) is 13.8 Å². The van der Waals surface area contributed by atoms with Crippen molar-refractivity contribution < 1.29 is 9.66 Å². The van der Waals surface area contributed by atoms with E-state index in [1.165, 1.54) is 6.07 Å². The quantitative estimate of drug-likeness (QED) is 0.611. The van der Waals surface area contributed by atoms with Gasteiger partial charge in [0.25, 0.3) is 0 Å². The molecule has 0 spiro atoms. The molecule has 1 N–H and O–H groups in total. The zero-order chi connectivity index (χ0) is 15.1. The van der Waals surface area contributed by atoms with Crippen molar-refractivity contribution in [3.63, 3.8) is 0 Å². The second kappa shape index (κ2) is 7.46. The Kier molecular flexibility index (Phi) is 5.94. The van der Waals surface area contributed by atoms with E-state index in [9.17, 15) is 10.1 Å². The average Bonchev–Trinajstić information content (AvgIpc) is 2.38. The molecule has 1 unspecified atom stereocenters. The van der Waals surface area contributed by atoms with Gasteiger partial charge in [-0.3, -0.25) is 15.4 Å². The first-order valence-corrected chi connectivity index (χ1v) is 6.47. The van der Waals surface area contributed by atoms with Crippen LogP contribution in [0, 0.1) is 28.4 Å². The molecule has 1 rings (SSSR count). The van der Waals surface area contributed by atoms with Gasteiger partial charge in [-0.05, 0) is 32.4 Å². The summed E-state index contributed by atoms with van der Waals surface area (Å²) in [4.78, 5) is 10.5. The van der Waals surface area contributed by atoms with Crippen LogP contribution < -0.4 is 10.1 Å². The molecule has 0 saturated carbocycles. The topological polar surface area (TPSA) is 88.2 Å². The third-order valence-corrected chi connectivity index (χ3v) is 2.67. The van der Waals surface area contributed by atoms with Gasteiger partial charge in [-0.15, -0.1) is 0 Å². The van der Waals surface area contributed by atoms with Crippen molar-refractivity contribution in [1.29, 1.82) is 5.26 Å². The van der Waals surface area contributed by atoms with Gasteiger partial charge >= 0.3 is 5.69 Å². The van der Waals surface area contributed by atoms with Crippen molar-refractivity contribution in [2.75, 3.05) is 6.61 Å². The molecular formula is C14H19N3O3. The summed E-state index contributed by atoms with van der Waals surface area (Å²) in [5.41, 5.74) is 0.760. The summed E-state index contributed by atoms with van der Waals surface area (Å²) >= 11 is 0. The molecule has 0 aliphatic carbocycles. The number of rotatable bonds is 7. The fraction of sp³-hybridized carbons (Fsp3) is 0.500. The lowest BCUT2D eigenvalue weighted by Crippen LogP contribution is -2.34. The molecule has 6 nitrogen and oxygen atoms in total. The number of benzene rings is 1. The molecule has 0 aliphatic rings. The van der Waals surface area contributed by atoms with Crippen LogP contribution >= 0.6 is 0 Å². The van der Waals surface area contributed by atoms with Crippen molar-refractivity contribution in [1.82, 2.24) is 5.32 Å². The van der Waals surface area contributed by atoms with Crippen LogP contribution in [0.3, 0.4) is 0 Å². The molecule has 20 heavy (non-hydrogen) atoms. The lowest BCUT2D eigenvalue weighted by Gasteiger charge is -2.14. The average molecular weight is 277 g/mol. The zero-order valence-corrected chi connectivity index (χ0v) is 11.9. The second-order valence-electron chi connectivity index (χ2n) is 4.87. The van der Waals surface area contributed by atoms with Gasteiger partial charge in [-0.2, -0.15) is 5.26 Å². The number of hydrogen-bond acceptors (Lipinski definition) is 5. The van der Waals surface area contributed by atoms with Gasteiger partial charge in [0.2, 0.25) is 0 Å². The van der Waals surface area contributed by atoms with Crippen LogP contribution in [0.2, 0.25) is 0 Å². The summed E-state index contributed by atoms with van der Waals surface area (Å²) in [6, 6.07) is 6.85. The third-order valence-electron chi connectivity index (χ3n) is 2.67. The highest BCUT2D eigenvalue weighted by atomic mass is 16.6. The fourth-order valence-corrected chi connectivity index (χ4v) is 1.77. The van der Waals surface area contributed by atoms with Crippen molar-refractivity contribution >= 4 is 5.69 Å². The molecule has 6 heteroatoms. The summed E-state index contributed by atoms with van der Waals surface area (Å²) in [6.07, 6.45) is 0.472. The van der Waals surface area contributed by atoms with Gasteiger partial charge in [0.15, 0.2) is 5.75 Å². The lowest BCUT2D eigenvalue weighted by atomic mass is 10.2. The minimum absolute atomic E-state index is 0.0460. The molecule has 108 valence electrons. The third kappa shape index (κ3) is 4.86. The molecule has 0 saturated heterocycles. The summed E-state index contributed by atoms with van der Waals surface area (Å²) in [5.74, 6) is 0.238. The summed E-state index contributed by atoms with van der Waals surface area (Å²) < 4.78 is 5.43. The van der Waals surface area contributed by atoms with E-state index in [0.717, 1.165) is 5.56 Å². The molecule has 0 fully saturated rings. The minimum atomic E-state index is -0.462.